The molecule has 3 aromatic rings. The van der Waals surface area contributed by atoms with E-state index in [4.69, 9.17) is 13.9 Å². The van der Waals surface area contributed by atoms with Crippen LogP contribution in [-0.4, -0.2) is 19.9 Å². The van der Waals surface area contributed by atoms with Crippen LogP contribution in [0.2, 0.25) is 19.6 Å². The average molecular weight is 496 g/mol. The second-order valence-corrected chi connectivity index (χ2v) is 13.1. The van der Waals surface area contributed by atoms with Gasteiger partial charge in [0.2, 0.25) is 0 Å². The molecule has 3 rings (SSSR count). The highest BCUT2D eigenvalue weighted by molar-refractivity contribution is 9.10. The summed E-state index contributed by atoms with van der Waals surface area (Å²) in [6, 6.07) is 21.8. The van der Waals surface area contributed by atoms with Crippen LogP contribution >= 0.6 is 15.9 Å². The molecule has 0 saturated carbocycles. The molecule has 0 N–H and O–H groups in total. The lowest BCUT2D eigenvalue weighted by molar-refractivity contribution is 0.285. The van der Waals surface area contributed by atoms with Crippen molar-refractivity contribution >= 4 is 24.2 Å². The van der Waals surface area contributed by atoms with Gasteiger partial charge in [0.05, 0.1) is 6.61 Å². The molecule has 0 bridgehead atoms. The Morgan fingerprint density at radius 3 is 1.94 bits per heavy atom. The van der Waals surface area contributed by atoms with Crippen LogP contribution in [0.15, 0.2) is 71.3 Å². The van der Waals surface area contributed by atoms with Crippen LogP contribution in [0.25, 0.3) is 0 Å². The van der Waals surface area contributed by atoms with Crippen LogP contribution in [-0.2, 0) is 17.6 Å². The fourth-order valence-electron chi connectivity index (χ4n) is 2.60. The second-order valence-electron chi connectivity index (χ2n) is 7.88. The van der Waals surface area contributed by atoms with Crippen LogP contribution in [0.3, 0.4) is 0 Å². The largest absolute Gasteiger partial charge is 0.486 e. The van der Waals surface area contributed by atoms with Gasteiger partial charge in [0, 0.05) is 6.07 Å². The summed E-state index contributed by atoms with van der Waals surface area (Å²) in [5.74, 6) is 7.34. The highest BCUT2D eigenvalue weighted by atomic mass is 79.9. The highest BCUT2D eigenvalue weighted by Gasteiger charge is 2.14. The number of rotatable bonds is 8. The number of benzene rings is 2. The van der Waals surface area contributed by atoms with Crippen LogP contribution in [0.5, 0.6) is 11.5 Å². The second kappa shape index (κ2) is 11.1. The Morgan fingerprint density at radius 2 is 1.39 bits per heavy atom. The molecule has 0 fully saturated rings. The lowest BCUT2D eigenvalue weighted by Crippen LogP contribution is -2.25. The van der Waals surface area contributed by atoms with Crippen molar-refractivity contribution in [1.29, 1.82) is 0 Å². The molecule has 2 aromatic carbocycles. The lowest BCUT2D eigenvalue weighted by Gasteiger charge is -2.14. The first-order valence-corrected chi connectivity index (χ1v) is 14.3. The van der Waals surface area contributed by atoms with Crippen LogP contribution in [0.4, 0.5) is 0 Å². The smallest absolute Gasteiger partial charge is 0.185 e. The third kappa shape index (κ3) is 7.87. The summed E-state index contributed by atoms with van der Waals surface area (Å²) in [6.07, 6.45) is 0. The number of halogens is 1. The van der Waals surface area contributed by atoms with Crippen molar-refractivity contribution in [3.05, 3.63) is 88.2 Å². The standard InChI is InChI=1S/C25H26BrNO3Si/c1-31(2,3)30-16-10-15-22-23(28-18-20-11-6-4-7-12-20)17-24(25(26)27-22)29-19-21-13-8-5-9-14-21/h4-9,11-14,17H,16,18-19H2,1-3H3. The molecule has 1 aromatic heterocycles. The quantitative estimate of drug-likeness (QED) is 0.211. The molecule has 0 radical (unpaired) electrons. The van der Waals surface area contributed by atoms with Crippen molar-refractivity contribution in [2.45, 2.75) is 32.9 Å². The lowest BCUT2D eigenvalue weighted by atomic mass is 10.2. The predicted octanol–water partition coefficient (Wildman–Crippen LogP) is 6.21. The first-order valence-electron chi connectivity index (χ1n) is 10.1. The number of ether oxygens (including phenoxy) is 2. The zero-order valence-corrected chi connectivity index (χ0v) is 20.6. The van der Waals surface area contributed by atoms with E-state index in [2.05, 4.69) is 52.4 Å². The number of hydrogen-bond donors (Lipinski definition) is 0. The Hall–Kier alpha value is -2.59. The Labute approximate surface area is 193 Å². The molecule has 0 unspecified atom stereocenters. The fraction of sp³-hybridized carbons (Fsp3) is 0.240. The Balaban J connectivity index is 1.80. The van der Waals surface area contributed by atoms with Crippen molar-refractivity contribution in [2.75, 3.05) is 6.61 Å². The first-order chi connectivity index (χ1) is 14.9. The van der Waals surface area contributed by atoms with Crippen LogP contribution in [0.1, 0.15) is 16.8 Å². The van der Waals surface area contributed by atoms with Gasteiger partial charge in [-0.1, -0.05) is 66.6 Å². The molecule has 160 valence electrons. The van der Waals surface area contributed by atoms with Crippen molar-refractivity contribution in [2.24, 2.45) is 0 Å². The molecule has 0 aliphatic rings. The molecular weight excluding hydrogens is 470 g/mol. The third-order valence-electron chi connectivity index (χ3n) is 4.17. The maximum atomic E-state index is 6.07. The summed E-state index contributed by atoms with van der Waals surface area (Å²) >= 11 is 3.51. The minimum atomic E-state index is -1.61. The summed E-state index contributed by atoms with van der Waals surface area (Å²) in [4.78, 5) is 4.58. The van der Waals surface area contributed by atoms with Gasteiger partial charge in [0.25, 0.3) is 0 Å². The predicted molar refractivity (Wildman–Crippen MR) is 130 cm³/mol. The van der Waals surface area contributed by atoms with Crippen molar-refractivity contribution in [3.63, 3.8) is 0 Å². The molecule has 0 saturated heterocycles. The Bertz CT molecular complexity index is 1040. The van der Waals surface area contributed by atoms with Gasteiger partial charge in [0.1, 0.15) is 17.8 Å². The van der Waals surface area contributed by atoms with Crippen molar-refractivity contribution in [1.82, 2.24) is 4.98 Å². The molecule has 6 heteroatoms. The SMILES string of the molecule is C[Si](C)(C)OCC#Cc1nc(Br)c(OCc2ccccc2)cc1OCc1ccccc1. The molecule has 31 heavy (non-hydrogen) atoms. The molecule has 4 nitrogen and oxygen atoms in total. The molecule has 0 aliphatic heterocycles. The van der Waals surface area contributed by atoms with E-state index in [0.29, 0.717) is 41.6 Å². The van der Waals surface area contributed by atoms with Gasteiger partial charge >= 0.3 is 0 Å². The average Bonchev–Trinajstić information content (AvgIpc) is 2.76. The molecule has 0 aliphatic carbocycles. The molecule has 0 spiro atoms. The van der Waals surface area contributed by atoms with Gasteiger partial charge in [-0.3, -0.25) is 0 Å². The molecular formula is C25H26BrNO3Si. The van der Waals surface area contributed by atoms with Crippen molar-refractivity contribution in [3.8, 4) is 23.3 Å². The van der Waals surface area contributed by atoms with E-state index >= 15 is 0 Å². The summed E-state index contributed by atoms with van der Waals surface area (Å²) in [5, 5.41) is 0. The normalized spacial score (nSPS) is 10.8. The zero-order valence-electron chi connectivity index (χ0n) is 18.0. The van der Waals surface area contributed by atoms with E-state index in [-0.39, 0.29) is 0 Å². The minimum Gasteiger partial charge on any atom is -0.486 e. The van der Waals surface area contributed by atoms with E-state index < -0.39 is 8.32 Å². The van der Waals surface area contributed by atoms with E-state index in [9.17, 15) is 0 Å². The van der Waals surface area contributed by atoms with Gasteiger partial charge in [-0.2, -0.15) is 0 Å². The van der Waals surface area contributed by atoms with Crippen LogP contribution in [0, 0.1) is 11.8 Å². The Morgan fingerprint density at radius 1 is 0.839 bits per heavy atom. The minimum absolute atomic E-state index is 0.374. The van der Waals surface area contributed by atoms with Crippen molar-refractivity contribution < 1.29 is 13.9 Å². The maximum Gasteiger partial charge on any atom is 0.185 e. The number of nitrogens with zero attached hydrogens (tertiary/aromatic N) is 1. The number of hydrogen-bond acceptors (Lipinski definition) is 4. The summed E-state index contributed by atoms with van der Waals surface area (Å²) in [5.41, 5.74) is 2.70. The van der Waals surface area contributed by atoms with E-state index in [1.54, 1.807) is 0 Å². The zero-order chi connectivity index (χ0) is 22.1. The van der Waals surface area contributed by atoms with Gasteiger partial charge in [0.15, 0.2) is 25.5 Å². The van der Waals surface area contributed by atoms with Gasteiger partial charge in [-0.15, -0.1) is 0 Å². The highest BCUT2D eigenvalue weighted by Crippen LogP contribution is 2.31. The van der Waals surface area contributed by atoms with Gasteiger partial charge < -0.3 is 13.9 Å². The van der Waals surface area contributed by atoms with Gasteiger partial charge in [-0.25, -0.2) is 4.98 Å². The molecule has 0 amide bonds. The summed E-state index contributed by atoms with van der Waals surface area (Å²) in [6.45, 7) is 7.64. The number of aromatic nitrogens is 1. The number of pyridine rings is 1. The summed E-state index contributed by atoms with van der Waals surface area (Å²) in [7, 11) is -1.61. The fourth-order valence-corrected chi connectivity index (χ4v) is 3.51. The molecule has 0 atom stereocenters. The van der Waals surface area contributed by atoms with Gasteiger partial charge in [-0.05, 0) is 52.6 Å². The van der Waals surface area contributed by atoms with Crippen LogP contribution < -0.4 is 9.47 Å². The maximum absolute atomic E-state index is 6.07. The van der Waals surface area contributed by atoms with E-state index in [1.807, 2.05) is 66.7 Å². The molecule has 1 heterocycles. The Kier molecular flexibility index (Phi) is 8.30. The summed E-state index contributed by atoms with van der Waals surface area (Å²) < 4.78 is 18.5. The first kappa shape index (κ1) is 23.1. The topological polar surface area (TPSA) is 40.6 Å². The monoisotopic (exact) mass is 495 g/mol. The van der Waals surface area contributed by atoms with E-state index in [1.165, 1.54) is 0 Å². The third-order valence-corrected chi connectivity index (χ3v) is 5.75. The van der Waals surface area contributed by atoms with E-state index in [0.717, 1.165) is 11.1 Å².